The number of carbonyl (C=O) groups excluding carboxylic acids is 1. The summed E-state index contributed by atoms with van der Waals surface area (Å²) in [6, 6.07) is 13.8. The molecule has 2 atom stereocenters. The zero-order chi connectivity index (χ0) is 23.7. The molecule has 0 saturated carbocycles. The van der Waals surface area contributed by atoms with E-state index in [9.17, 15) is 14.3 Å². The molecule has 1 fully saturated rings. The van der Waals surface area contributed by atoms with Crippen LogP contribution in [0.1, 0.15) is 23.1 Å². The summed E-state index contributed by atoms with van der Waals surface area (Å²) in [6.45, 7) is 0. The summed E-state index contributed by atoms with van der Waals surface area (Å²) in [5.74, 6) is 0.353. The Bertz CT molecular complexity index is 1160. The average molecular weight is 453 g/mol. The van der Waals surface area contributed by atoms with Crippen molar-refractivity contribution in [3.63, 3.8) is 0 Å². The SMILES string of the molecule is COc1ccc([C@@H]2[C@@H](c3ccc(F)cc3)C(=O)N2c2cc(OC)c(OC)c(OC)c2)cc1O. The van der Waals surface area contributed by atoms with Gasteiger partial charge in [-0.1, -0.05) is 18.2 Å². The molecule has 3 aromatic rings. The van der Waals surface area contributed by atoms with Gasteiger partial charge in [0.25, 0.3) is 0 Å². The Labute approximate surface area is 190 Å². The van der Waals surface area contributed by atoms with Crippen molar-refractivity contribution < 1.29 is 33.2 Å². The van der Waals surface area contributed by atoms with Gasteiger partial charge in [-0.2, -0.15) is 0 Å². The summed E-state index contributed by atoms with van der Waals surface area (Å²) in [6.07, 6.45) is 0. The van der Waals surface area contributed by atoms with Crippen LogP contribution in [0.15, 0.2) is 54.6 Å². The molecule has 0 aliphatic carbocycles. The predicted molar refractivity (Wildman–Crippen MR) is 120 cm³/mol. The fourth-order valence-corrected chi connectivity index (χ4v) is 4.21. The van der Waals surface area contributed by atoms with Crippen LogP contribution < -0.4 is 23.8 Å². The zero-order valence-electron chi connectivity index (χ0n) is 18.7. The van der Waals surface area contributed by atoms with Crippen molar-refractivity contribution in [3.05, 3.63) is 71.5 Å². The van der Waals surface area contributed by atoms with E-state index in [1.807, 2.05) is 0 Å². The molecule has 1 heterocycles. The number of rotatable bonds is 7. The Morgan fingerprint density at radius 2 is 1.36 bits per heavy atom. The van der Waals surface area contributed by atoms with Crippen LogP contribution in [0, 0.1) is 5.82 Å². The molecule has 1 amide bonds. The zero-order valence-corrected chi connectivity index (χ0v) is 18.7. The number of hydrogen-bond acceptors (Lipinski definition) is 6. The molecule has 1 saturated heterocycles. The predicted octanol–water partition coefficient (Wildman–Crippen LogP) is 4.44. The molecule has 0 radical (unpaired) electrons. The number of carbonyl (C=O) groups is 1. The number of phenolic OH excluding ortho intramolecular Hbond substituents is 1. The highest BCUT2D eigenvalue weighted by Gasteiger charge is 2.50. The van der Waals surface area contributed by atoms with Crippen LogP contribution in [0.3, 0.4) is 0 Å². The van der Waals surface area contributed by atoms with Gasteiger partial charge in [0.1, 0.15) is 5.82 Å². The molecule has 0 spiro atoms. The normalized spacial score (nSPS) is 17.4. The molecular formula is C25H24FNO6. The van der Waals surface area contributed by atoms with Crippen LogP contribution in [-0.2, 0) is 4.79 Å². The van der Waals surface area contributed by atoms with E-state index in [1.54, 1.807) is 47.4 Å². The molecule has 8 heteroatoms. The highest BCUT2D eigenvalue weighted by atomic mass is 19.1. The maximum absolute atomic E-state index is 13.5. The van der Waals surface area contributed by atoms with Gasteiger partial charge in [0, 0.05) is 12.1 Å². The number of aromatic hydroxyl groups is 1. The molecule has 0 aromatic heterocycles. The number of nitrogens with zero attached hydrogens (tertiary/aromatic N) is 1. The monoisotopic (exact) mass is 453 g/mol. The van der Waals surface area contributed by atoms with Gasteiger partial charge >= 0.3 is 0 Å². The Balaban J connectivity index is 1.84. The lowest BCUT2D eigenvalue weighted by atomic mass is 9.77. The third-order valence-corrected chi connectivity index (χ3v) is 5.80. The molecule has 0 bridgehead atoms. The molecular weight excluding hydrogens is 429 g/mol. The number of β-lactam (4-membered cyclic amide) rings is 1. The minimum absolute atomic E-state index is 0.0444. The van der Waals surface area contributed by atoms with Crippen molar-refractivity contribution in [3.8, 4) is 28.7 Å². The minimum atomic E-state index is -0.572. The maximum atomic E-state index is 13.5. The third kappa shape index (κ3) is 3.77. The Kier molecular flexibility index (Phi) is 6.00. The van der Waals surface area contributed by atoms with E-state index in [2.05, 4.69) is 0 Å². The molecule has 172 valence electrons. The van der Waals surface area contributed by atoms with E-state index in [1.165, 1.54) is 40.6 Å². The second-order valence-electron chi connectivity index (χ2n) is 7.50. The largest absolute Gasteiger partial charge is 0.504 e. The Hall–Kier alpha value is -3.94. The molecule has 4 rings (SSSR count). The lowest BCUT2D eigenvalue weighted by Crippen LogP contribution is -2.53. The lowest BCUT2D eigenvalue weighted by Gasteiger charge is -2.48. The number of amides is 1. The van der Waals surface area contributed by atoms with Gasteiger partial charge in [-0.25, -0.2) is 4.39 Å². The molecule has 33 heavy (non-hydrogen) atoms. The smallest absolute Gasteiger partial charge is 0.237 e. The highest BCUT2D eigenvalue weighted by molar-refractivity contribution is 6.07. The number of methoxy groups -OCH3 is 4. The van der Waals surface area contributed by atoms with Crippen LogP contribution in [0.25, 0.3) is 0 Å². The van der Waals surface area contributed by atoms with Crippen LogP contribution in [0.2, 0.25) is 0 Å². The first-order valence-electron chi connectivity index (χ1n) is 10.2. The van der Waals surface area contributed by atoms with Gasteiger partial charge in [-0.3, -0.25) is 4.79 Å². The maximum Gasteiger partial charge on any atom is 0.237 e. The first kappa shape index (κ1) is 22.3. The number of phenols is 1. The Morgan fingerprint density at radius 3 is 1.88 bits per heavy atom. The number of halogens is 1. The standard InChI is InChI=1S/C25H24FNO6/c1-30-19-10-7-15(11-18(19)28)23-22(14-5-8-16(26)9-6-14)25(29)27(23)17-12-20(31-2)24(33-4)21(13-17)32-3/h5-13,22-23,28H,1-4H3/t22-,23-/m1/s1. The van der Waals surface area contributed by atoms with Gasteiger partial charge < -0.3 is 29.0 Å². The average Bonchev–Trinajstić information content (AvgIpc) is 2.82. The third-order valence-electron chi connectivity index (χ3n) is 5.80. The fraction of sp³-hybridized carbons (Fsp3) is 0.240. The number of ether oxygens (including phenoxy) is 4. The van der Waals surface area contributed by atoms with Gasteiger partial charge in [-0.05, 0) is 35.4 Å². The van der Waals surface area contributed by atoms with E-state index < -0.39 is 12.0 Å². The molecule has 1 aliphatic rings. The van der Waals surface area contributed by atoms with Crippen molar-refractivity contribution in [1.29, 1.82) is 0 Å². The van der Waals surface area contributed by atoms with E-state index >= 15 is 0 Å². The van der Waals surface area contributed by atoms with Crippen LogP contribution >= 0.6 is 0 Å². The van der Waals surface area contributed by atoms with Crippen LogP contribution in [0.4, 0.5) is 10.1 Å². The van der Waals surface area contributed by atoms with Crippen LogP contribution in [-0.4, -0.2) is 39.5 Å². The molecule has 0 unspecified atom stereocenters. The second kappa shape index (κ2) is 8.90. The number of benzene rings is 3. The summed E-state index contributed by atoms with van der Waals surface area (Å²) in [5, 5.41) is 10.4. The molecule has 1 N–H and O–H groups in total. The van der Waals surface area contributed by atoms with Gasteiger partial charge in [-0.15, -0.1) is 0 Å². The number of hydrogen-bond donors (Lipinski definition) is 1. The molecule has 1 aliphatic heterocycles. The van der Waals surface area contributed by atoms with Crippen molar-refractivity contribution in [2.75, 3.05) is 33.3 Å². The van der Waals surface area contributed by atoms with Gasteiger partial charge in [0.2, 0.25) is 11.7 Å². The summed E-state index contributed by atoms with van der Waals surface area (Å²) in [7, 11) is 5.96. The highest BCUT2D eigenvalue weighted by Crippen LogP contribution is 2.52. The molecule has 3 aromatic carbocycles. The fourth-order valence-electron chi connectivity index (χ4n) is 4.21. The minimum Gasteiger partial charge on any atom is -0.504 e. The van der Waals surface area contributed by atoms with Gasteiger partial charge in [0.15, 0.2) is 23.0 Å². The first-order chi connectivity index (χ1) is 15.9. The quantitative estimate of drug-likeness (QED) is 0.533. The van der Waals surface area contributed by atoms with E-state index in [-0.39, 0.29) is 17.5 Å². The van der Waals surface area contributed by atoms with Gasteiger partial charge in [0.05, 0.1) is 46.1 Å². The topological polar surface area (TPSA) is 77.5 Å². The van der Waals surface area contributed by atoms with E-state index in [0.29, 0.717) is 39.8 Å². The van der Waals surface area contributed by atoms with Crippen molar-refractivity contribution >= 4 is 11.6 Å². The van der Waals surface area contributed by atoms with Crippen molar-refractivity contribution in [2.24, 2.45) is 0 Å². The second-order valence-corrected chi connectivity index (χ2v) is 7.50. The van der Waals surface area contributed by atoms with Crippen molar-refractivity contribution in [1.82, 2.24) is 0 Å². The first-order valence-corrected chi connectivity index (χ1v) is 10.2. The van der Waals surface area contributed by atoms with E-state index in [4.69, 9.17) is 18.9 Å². The summed E-state index contributed by atoms with van der Waals surface area (Å²) >= 11 is 0. The molecule has 7 nitrogen and oxygen atoms in total. The number of anilines is 1. The van der Waals surface area contributed by atoms with Crippen LogP contribution in [0.5, 0.6) is 28.7 Å². The Morgan fingerprint density at radius 1 is 0.788 bits per heavy atom. The summed E-state index contributed by atoms with van der Waals surface area (Å²) in [4.78, 5) is 15.0. The van der Waals surface area contributed by atoms with E-state index in [0.717, 1.165) is 0 Å². The lowest BCUT2D eigenvalue weighted by molar-refractivity contribution is -0.126. The summed E-state index contributed by atoms with van der Waals surface area (Å²) < 4.78 is 35.0. The van der Waals surface area contributed by atoms with Crippen molar-refractivity contribution in [2.45, 2.75) is 12.0 Å². The summed E-state index contributed by atoms with van der Waals surface area (Å²) in [5.41, 5.74) is 1.90.